The van der Waals surface area contributed by atoms with Crippen LogP contribution in [0.2, 0.25) is 5.02 Å². The van der Waals surface area contributed by atoms with Crippen LogP contribution < -0.4 is 4.90 Å². The van der Waals surface area contributed by atoms with Crippen LogP contribution in [0.5, 0.6) is 0 Å². The smallest absolute Gasteiger partial charge is 0.149 e. The van der Waals surface area contributed by atoms with Gasteiger partial charge in [0.05, 0.1) is 17.1 Å². The van der Waals surface area contributed by atoms with Gasteiger partial charge >= 0.3 is 0 Å². The molecule has 0 spiro atoms. The largest absolute Gasteiger partial charge is 0.411 e. The van der Waals surface area contributed by atoms with Gasteiger partial charge in [0.1, 0.15) is 11.6 Å². The van der Waals surface area contributed by atoms with Crippen LogP contribution >= 0.6 is 11.6 Å². The molecule has 1 aliphatic rings. The molecular formula is C15H11ClF2N2O. The van der Waals surface area contributed by atoms with E-state index >= 15 is 0 Å². The average molecular weight is 309 g/mol. The first-order chi connectivity index (χ1) is 10.1. The van der Waals surface area contributed by atoms with Crippen molar-refractivity contribution in [3.63, 3.8) is 0 Å². The standard InChI is InChI=1S/C15H11ClF2N2O/c16-9-1-3-14-11(7-9)13(19-21)5-6-20(14)15-4-2-10(17)8-12(15)18/h1-4,7-8,21H,5-6H2/b19-13+. The summed E-state index contributed by atoms with van der Waals surface area (Å²) in [7, 11) is 0. The molecule has 0 unspecified atom stereocenters. The first-order valence-electron chi connectivity index (χ1n) is 6.33. The fourth-order valence-corrected chi connectivity index (χ4v) is 2.67. The van der Waals surface area contributed by atoms with Gasteiger partial charge < -0.3 is 10.1 Å². The molecule has 2 aromatic carbocycles. The number of oxime groups is 1. The van der Waals surface area contributed by atoms with Crippen molar-refractivity contribution in [2.24, 2.45) is 5.16 Å². The van der Waals surface area contributed by atoms with Crippen LogP contribution in [0.15, 0.2) is 41.6 Å². The van der Waals surface area contributed by atoms with Crippen LogP contribution in [0.25, 0.3) is 0 Å². The Bertz CT molecular complexity index is 734. The fraction of sp³-hybridized carbons (Fsp3) is 0.133. The van der Waals surface area contributed by atoms with Crippen molar-refractivity contribution in [1.82, 2.24) is 0 Å². The molecule has 0 saturated carbocycles. The highest BCUT2D eigenvalue weighted by molar-refractivity contribution is 6.31. The molecule has 108 valence electrons. The van der Waals surface area contributed by atoms with Gasteiger partial charge in [0.15, 0.2) is 0 Å². The molecule has 6 heteroatoms. The van der Waals surface area contributed by atoms with Crippen molar-refractivity contribution < 1.29 is 14.0 Å². The molecule has 3 rings (SSSR count). The van der Waals surface area contributed by atoms with Crippen LogP contribution in [0.4, 0.5) is 20.2 Å². The molecule has 1 heterocycles. The number of rotatable bonds is 1. The third-order valence-corrected chi connectivity index (χ3v) is 3.69. The summed E-state index contributed by atoms with van der Waals surface area (Å²) in [5.74, 6) is -1.26. The molecule has 21 heavy (non-hydrogen) atoms. The van der Waals surface area contributed by atoms with Crippen LogP contribution in [0.1, 0.15) is 12.0 Å². The molecular weight excluding hydrogens is 298 g/mol. The minimum atomic E-state index is -0.639. The molecule has 0 saturated heterocycles. The Morgan fingerprint density at radius 2 is 1.86 bits per heavy atom. The molecule has 0 bridgehead atoms. The van der Waals surface area contributed by atoms with Gasteiger partial charge in [0, 0.05) is 29.6 Å². The fourth-order valence-electron chi connectivity index (χ4n) is 2.50. The van der Waals surface area contributed by atoms with Gasteiger partial charge in [-0.2, -0.15) is 0 Å². The summed E-state index contributed by atoms with van der Waals surface area (Å²) < 4.78 is 27.1. The van der Waals surface area contributed by atoms with Crippen LogP contribution in [0, 0.1) is 11.6 Å². The number of anilines is 2. The molecule has 3 nitrogen and oxygen atoms in total. The Morgan fingerprint density at radius 1 is 1.10 bits per heavy atom. The zero-order chi connectivity index (χ0) is 15.0. The minimum absolute atomic E-state index is 0.275. The lowest BCUT2D eigenvalue weighted by atomic mass is 9.99. The van der Waals surface area contributed by atoms with Crippen molar-refractivity contribution in [2.75, 3.05) is 11.4 Å². The van der Waals surface area contributed by atoms with Crippen molar-refractivity contribution in [3.8, 4) is 0 Å². The summed E-state index contributed by atoms with van der Waals surface area (Å²) in [6, 6.07) is 8.52. The lowest BCUT2D eigenvalue weighted by Gasteiger charge is -2.32. The summed E-state index contributed by atoms with van der Waals surface area (Å²) in [5, 5.41) is 12.8. The Morgan fingerprint density at radius 3 is 2.57 bits per heavy atom. The van der Waals surface area contributed by atoms with Gasteiger partial charge in [-0.3, -0.25) is 0 Å². The van der Waals surface area contributed by atoms with Gasteiger partial charge in [-0.1, -0.05) is 16.8 Å². The molecule has 0 aliphatic carbocycles. The van der Waals surface area contributed by atoms with Gasteiger partial charge in [-0.15, -0.1) is 0 Å². The summed E-state index contributed by atoms with van der Waals surface area (Å²) in [4.78, 5) is 1.72. The van der Waals surface area contributed by atoms with Gasteiger partial charge in [0.25, 0.3) is 0 Å². The quantitative estimate of drug-likeness (QED) is 0.628. The van der Waals surface area contributed by atoms with E-state index in [1.165, 1.54) is 12.1 Å². The van der Waals surface area contributed by atoms with Crippen molar-refractivity contribution in [3.05, 3.63) is 58.6 Å². The number of nitrogens with zero attached hydrogens (tertiary/aromatic N) is 2. The van der Waals surface area contributed by atoms with E-state index in [2.05, 4.69) is 5.16 Å². The van der Waals surface area contributed by atoms with Crippen molar-refractivity contribution in [2.45, 2.75) is 6.42 Å². The predicted molar refractivity (Wildman–Crippen MR) is 77.8 cm³/mol. The number of hydrogen-bond acceptors (Lipinski definition) is 3. The maximum atomic E-state index is 14.0. The van der Waals surface area contributed by atoms with E-state index in [-0.39, 0.29) is 5.69 Å². The van der Waals surface area contributed by atoms with E-state index in [0.29, 0.717) is 35.0 Å². The second-order valence-electron chi connectivity index (χ2n) is 4.71. The highest BCUT2D eigenvalue weighted by atomic mass is 35.5. The van der Waals surface area contributed by atoms with Crippen LogP contribution in [0.3, 0.4) is 0 Å². The van der Waals surface area contributed by atoms with Crippen molar-refractivity contribution in [1.29, 1.82) is 0 Å². The van der Waals surface area contributed by atoms with Crippen molar-refractivity contribution >= 4 is 28.7 Å². The first-order valence-corrected chi connectivity index (χ1v) is 6.71. The monoisotopic (exact) mass is 308 g/mol. The molecule has 2 aromatic rings. The molecule has 0 fully saturated rings. The topological polar surface area (TPSA) is 35.8 Å². The summed E-state index contributed by atoms with van der Waals surface area (Å²) >= 11 is 5.97. The normalized spacial score (nSPS) is 16.1. The predicted octanol–water partition coefficient (Wildman–Crippen LogP) is 4.34. The van der Waals surface area contributed by atoms with E-state index in [0.717, 1.165) is 6.07 Å². The Labute approximate surface area is 125 Å². The number of halogens is 3. The molecule has 0 radical (unpaired) electrons. The summed E-state index contributed by atoms with van der Waals surface area (Å²) in [6.45, 7) is 0.427. The Balaban J connectivity index is 2.14. The minimum Gasteiger partial charge on any atom is -0.411 e. The highest BCUT2D eigenvalue weighted by Crippen LogP contribution is 2.36. The molecule has 0 atom stereocenters. The molecule has 0 aromatic heterocycles. The second kappa shape index (κ2) is 5.33. The van der Waals surface area contributed by atoms with E-state index in [1.54, 1.807) is 23.1 Å². The maximum Gasteiger partial charge on any atom is 0.149 e. The SMILES string of the molecule is O/N=C1\CCN(c2ccc(F)cc2F)c2ccc(Cl)cc21. The molecule has 0 amide bonds. The van der Waals surface area contributed by atoms with E-state index < -0.39 is 11.6 Å². The zero-order valence-corrected chi connectivity index (χ0v) is 11.6. The summed E-state index contributed by atoms with van der Waals surface area (Å²) in [6.07, 6.45) is 0.431. The number of benzene rings is 2. The van der Waals surface area contributed by atoms with Gasteiger partial charge in [-0.05, 0) is 30.3 Å². The average Bonchev–Trinajstić information content (AvgIpc) is 2.46. The summed E-state index contributed by atoms with van der Waals surface area (Å²) in [5.41, 5.74) is 2.08. The highest BCUT2D eigenvalue weighted by Gasteiger charge is 2.25. The Kier molecular flexibility index (Phi) is 3.51. The number of hydrogen-bond donors (Lipinski definition) is 1. The van der Waals surface area contributed by atoms with E-state index in [9.17, 15) is 8.78 Å². The second-order valence-corrected chi connectivity index (χ2v) is 5.14. The lowest BCUT2D eigenvalue weighted by Crippen LogP contribution is -2.29. The molecule has 1 N–H and O–H groups in total. The van der Waals surface area contributed by atoms with Crippen LogP contribution in [-0.4, -0.2) is 17.5 Å². The maximum absolute atomic E-state index is 14.0. The Hall–Kier alpha value is -2.14. The van der Waals surface area contributed by atoms with E-state index in [4.69, 9.17) is 16.8 Å². The third-order valence-electron chi connectivity index (χ3n) is 3.45. The van der Waals surface area contributed by atoms with E-state index in [1.807, 2.05) is 0 Å². The zero-order valence-electron chi connectivity index (χ0n) is 10.9. The van der Waals surface area contributed by atoms with Gasteiger partial charge in [0.2, 0.25) is 0 Å². The number of fused-ring (bicyclic) bond motifs is 1. The third kappa shape index (κ3) is 2.45. The lowest BCUT2D eigenvalue weighted by molar-refractivity contribution is 0.318. The molecule has 1 aliphatic heterocycles. The first kappa shape index (κ1) is 13.8. The van der Waals surface area contributed by atoms with Gasteiger partial charge in [-0.25, -0.2) is 8.78 Å². The van der Waals surface area contributed by atoms with Crippen LogP contribution in [-0.2, 0) is 0 Å².